The van der Waals surface area contributed by atoms with E-state index in [0.29, 0.717) is 0 Å². The van der Waals surface area contributed by atoms with Gasteiger partial charge in [-0.1, -0.05) is 6.07 Å². The average Bonchev–Trinajstić information content (AvgIpc) is 3.15. The second kappa shape index (κ2) is 4.17. The molecule has 1 aromatic heterocycles. The monoisotopic (exact) mass is 216 g/mol. The normalized spacial score (nSPS) is 20.4. The first-order valence-corrected chi connectivity index (χ1v) is 6.48. The summed E-state index contributed by atoms with van der Waals surface area (Å²) in [7, 11) is 0. The van der Waals surface area contributed by atoms with Gasteiger partial charge in [0.25, 0.3) is 0 Å². The van der Waals surface area contributed by atoms with Gasteiger partial charge in [0.1, 0.15) is 0 Å². The molecule has 2 nitrogen and oxygen atoms in total. The van der Waals surface area contributed by atoms with Crippen molar-refractivity contribution in [2.75, 3.05) is 0 Å². The Kier molecular flexibility index (Phi) is 2.68. The van der Waals surface area contributed by atoms with Gasteiger partial charge in [0.15, 0.2) is 0 Å². The minimum atomic E-state index is 0.793. The Labute approximate surface area is 97.5 Å². The van der Waals surface area contributed by atoms with Crippen LogP contribution < -0.4 is 5.32 Å². The third-order valence-electron chi connectivity index (χ3n) is 3.77. The molecule has 1 heterocycles. The van der Waals surface area contributed by atoms with Crippen molar-refractivity contribution in [2.24, 2.45) is 11.8 Å². The number of hydrogen-bond acceptors (Lipinski definition) is 2. The third kappa shape index (κ3) is 2.43. The lowest BCUT2D eigenvalue weighted by atomic mass is 10.1. The van der Waals surface area contributed by atoms with Gasteiger partial charge in [0, 0.05) is 24.5 Å². The summed E-state index contributed by atoms with van der Waals surface area (Å²) in [6.45, 7) is 3.03. The van der Waals surface area contributed by atoms with E-state index in [0.717, 1.165) is 30.1 Å². The van der Waals surface area contributed by atoms with Crippen LogP contribution in [0.1, 0.15) is 36.9 Å². The van der Waals surface area contributed by atoms with Crippen molar-refractivity contribution in [3.05, 3.63) is 29.6 Å². The van der Waals surface area contributed by atoms with E-state index >= 15 is 0 Å². The molecule has 2 saturated carbocycles. The molecule has 2 aliphatic carbocycles. The Morgan fingerprint density at radius 1 is 1.25 bits per heavy atom. The predicted molar refractivity (Wildman–Crippen MR) is 65.0 cm³/mol. The van der Waals surface area contributed by atoms with E-state index in [-0.39, 0.29) is 0 Å². The van der Waals surface area contributed by atoms with Crippen LogP contribution in [-0.2, 0) is 6.54 Å². The lowest BCUT2D eigenvalue weighted by molar-refractivity contribution is 0.415. The predicted octanol–water partition coefficient (Wildman–Crippen LogP) is 2.67. The molecule has 2 heteroatoms. The van der Waals surface area contributed by atoms with Gasteiger partial charge in [-0.3, -0.25) is 4.98 Å². The molecule has 16 heavy (non-hydrogen) atoms. The lowest BCUT2D eigenvalue weighted by Gasteiger charge is -2.17. The van der Waals surface area contributed by atoms with Crippen LogP contribution in [-0.4, -0.2) is 11.0 Å². The molecule has 0 saturated heterocycles. The number of aromatic nitrogens is 1. The molecule has 3 rings (SSSR count). The van der Waals surface area contributed by atoms with Crippen LogP contribution in [0.2, 0.25) is 0 Å². The molecule has 0 radical (unpaired) electrons. The molecule has 2 fully saturated rings. The zero-order valence-electron chi connectivity index (χ0n) is 9.95. The van der Waals surface area contributed by atoms with Crippen molar-refractivity contribution >= 4 is 0 Å². The fourth-order valence-electron chi connectivity index (χ4n) is 2.47. The highest BCUT2D eigenvalue weighted by Crippen LogP contribution is 2.44. The molecule has 0 spiro atoms. The molecule has 86 valence electrons. The molecular weight excluding hydrogens is 196 g/mol. The second-order valence-corrected chi connectivity index (χ2v) is 5.39. The molecular formula is C14H20N2. The highest BCUT2D eigenvalue weighted by atomic mass is 14.9. The fourth-order valence-corrected chi connectivity index (χ4v) is 2.47. The maximum Gasteiger partial charge on any atom is 0.0372 e. The van der Waals surface area contributed by atoms with Crippen LogP contribution in [0.25, 0.3) is 0 Å². The van der Waals surface area contributed by atoms with Crippen LogP contribution in [0.15, 0.2) is 18.3 Å². The van der Waals surface area contributed by atoms with Crippen molar-refractivity contribution in [1.82, 2.24) is 10.3 Å². The highest BCUT2D eigenvalue weighted by Gasteiger charge is 2.40. The molecule has 0 bridgehead atoms. The van der Waals surface area contributed by atoms with Crippen molar-refractivity contribution < 1.29 is 0 Å². The Balaban J connectivity index is 1.56. The first-order valence-electron chi connectivity index (χ1n) is 6.48. The minimum absolute atomic E-state index is 0.793. The summed E-state index contributed by atoms with van der Waals surface area (Å²) in [5, 5.41) is 3.74. The van der Waals surface area contributed by atoms with Gasteiger partial charge in [-0.15, -0.1) is 0 Å². The van der Waals surface area contributed by atoms with E-state index < -0.39 is 0 Å². The maximum absolute atomic E-state index is 4.34. The van der Waals surface area contributed by atoms with Gasteiger partial charge >= 0.3 is 0 Å². The Hall–Kier alpha value is -0.890. The Bertz CT molecular complexity index is 338. The first-order chi connectivity index (χ1) is 7.83. The van der Waals surface area contributed by atoms with E-state index in [4.69, 9.17) is 0 Å². The van der Waals surface area contributed by atoms with Crippen LogP contribution >= 0.6 is 0 Å². The number of nitrogens with zero attached hydrogens (tertiary/aromatic N) is 1. The fraction of sp³-hybridized carbons (Fsp3) is 0.643. The SMILES string of the molecule is Cc1ccc(CNC(C2CC2)C2CC2)cn1. The van der Waals surface area contributed by atoms with Gasteiger partial charge < -0.3 is 5.32 Å². The number of hydrogen-bond donors (Lipinski definition) is 1. The van der Waals surface area contributed by atoms with E-state index in [1.54, 1.807) is 0 Å². The molecule has 1 aromatic rings. The third-order valence-corrected chi connectivity index (χ3v) is 3.77. The topological polar surface area (TPSA) is 24.9 Å². The van der Waals surface area contributed by atoms with Crippen molar-refractivity contribution in [1.29, 1.82) is 0 Å². The quantitative estimate of drug-likeness (QED) is 0.818. The minimum Gasteiger partial charge on any atom is -0.309 e. The van der Waals surface area contributed by atoms with E-state index in [1.165, 1.54) is 31.2 Å². The number of pyridine rings is 1. The summed E-state index contributed by atoms with van der Waals surface area (Å²) in [6.07, 6.45) is 7.78. The van der Waals surface area contributed by atoms with E-state index in [1.807, 2.05) is 13.1 Å². The van der Waals surface area contributed by atoms with Crippen molar-refractivity contribution in [3.8, 4) is 0 Å². The Morgan fingerprint density at radius 3 is 2.44 bits per heavy atom. The number of rotatable bonds is 5. The van der Waals surface area contributed by atoms with Crippen molar-refractivity contribution in [2.45, 2.75) is 45.2 Å². The molecule has 2 aliphatic rings. The lowest BCUT2D eigenvalue weighted by Crippen LogP contribution is -2.32. The van der Waals surface area contributed by atoms with Crippen LogP contribution in [0, 0.1) is 18.8 Å². The van der Waals surface area contributed by atoms with Crippen LogP contribution in [0.5, 0.6) is 0 Å². The second-order valence-electron chi connectivity index (χ2n) is 5.39. The first kappa shape index (κ1) is 10.3. The van der Waals surface area contributed by atoms with Crippen LogP contribution in [0.4, 0.5) is 0 Å². The highest BCUT2D eigenvalue weighted by molar-refractivity contribution is 5.13. The standard InChI is InChI=1S/C14H20N2/c1-10-2-3-11(8-15-10)9-16-14(12-4-5-12)13-6-7-13/h2-3,8,12-14,16H,4-7,9H2,1H3. The summed E-state index contributed by atoms with van der Waals surface area (Å²) in [5.74, 6) is 1.96. The van der Waals surface area contributed by atoms with Crippen molar-refractivity contribution in [3.63, 3.8) is 0 Å². The Morgan fingerprint density at radius 2 is 1.94 bits per heavy atom. The van der Waals surface area contributed by atoms with E-state index in [2.05, 4.69) is 22.4 Å². The van der Waals surface area contributed by atoms with Gasteiger partial charge in [-0.05, 0) is 56.1 Å². The van der Waals surface area contributed by atoms with Gasteiger partial charge in [0.05, 0.1) is 0 Å². The van der Waals surface area contributed by atoms with Crippen LogP contribution in [0.3, 0.4) is 0 Å². The summed E-state index contributed by atoms with van der Waals surface area (Å²) in [5.41, 5.74) is 2.42. The summed E-state index contributed by atoms with van der Waals surface area (Å²) >= 11 is 0. The van der Waals surface area contributed by atoms with Gasteiger partial charge in [0.2, 0.25) is 0 Å². The largest absolute Gasteiger partial charge is 0.309 e. The molecule has 1 N–H and O–H groups in total. The molecule has 0 unspecified atom stereocenters. The summed E-state index contributed by atoms with van der Waals surface area (Å²) in [4.78, 5) is 4.34. The number of nitrogens with one attached hydrogen (secondary N) is 1. The average molecular weight is 216 g/mol. The zero-order valence-corrected chi connectivity index (χ0v) is 9.95. The molecule has 0 aliphatic heterocycles. The maximum atomic E-state index is 4.34. The smallest absolute Gasteiger partial charge is 0.0372 e. The molecule has 0 amide bonds. The van der Waals surface area contributed by atoms with Gasteiger partial charge in [-0.25, -0.2) is 0 Å². The number of aryl methyl sites for hydroxylation is 1. The van der Waals surface area contributed by atoms with Gasteiger partial charge in [-0.2, -0.15) is 0 Å². The van der Waals surface area contributed by atoms with E-state index in [9.17, 15) is 0 Å². The summed E-state index contributed by atoms with van der Waals surface area (Å²) in [6, 6.07) is 5.08. The summed E-state index contributed by atoms with van der Waals surface area (Å²) < 4.78 is 0. The molecule has 0 aromatic carbocycles. The zero-order chi connectivity index (χ0) is 11.0. The molecule has 0 atom stereocenters.